The van der Waals surface area contributed by atoms with E-state index in [1.54, 1.807) is 22.1 Å². The first-order valence-electron chi connectivity index (χ1n) is 19.9. The molecule has 312 valence electrons. The van der Waals surface area contributed by atoms with Crippen LogP contribution in [0.3, 0.4) is 0 Å². The number of nitrogens with zero attached hydrogens (tertiary/aromatic N) is 5. The van der Waals surface area contributed by atoms with E-state index in [0.29, 0.717) is 54.9 Å². The van der Waals surface area contributed by atoms with Gasteiger partial charge in [0.2, 0.25) is 23.6 Å². The number of nitrogens with one attached hydrogen (secondary N) is 2. The fourth-order valence-electron chi connectivity index (χ4n) is 7.85. The summed E-state index contributed by atoms with van der Waals surface area (Å²) >= 11 is 0. The predicted molar refractivity (Wildman–Crippen MR) is 213 cm³/mol. The average Bonchev–Trinajstić information content (AvgIpc) is 4.02. The molecule has 59 heavy (non-hydrogen) atoms. The third-order valence-corrected chi connectivity index (χ3v) is 11.2. The molecule has 7 rings (SSSR count). The van der Waals surface area contributed by atoms with Gasteiger partial charge < -0.3 is 46.5 Å². The second-order valence-corrected chi connectivity index (χ2v) is 15.3. The first kappa shape index (κ1) is 41.3. The van der Waals surface area contributed by atoms with Gasteiger partial charge in [-0.25, -0.2) is 4.99 Å². The lowest BCUT2D eigenvalue weighted by molar-refractivity contribution is -0.203. The summed E-state index contributed by atoms with van der Waals surface area (Å²) in [5, 5.41) is 15.1. The molecule has 1 aromatic heterocycles. The summed E-state index contributed by atoms with van der Waals surface area (Å²) in [6.45, 7) is 3.10. The molecule has 1 unspecified atom stereocenters. The zero-order valence-electron chi connectivity index (χ0n) is 32.9. The van der Waals surface area contributed by atoms with E-state index in [4.69, 9.17) is 20.9 Å². The Balaban J connectivity index is 0.940. The van der Waals surface area contributed by atoms with Crippen LogP contribution in [0.2, 0.25) is 0 Å². The molecular formula is C41H49N9O9. The summed E-state index contributed by atoms with van der Waals surface area (Å²) < 4.78 is 11.5. The number of amides is 6. The third-order valence-electron chi connectivity index (χ3n) is 11.2. The Hall–Kier alpha value is -5.82. The number of amidine groups is 1. The lowest BCUT2D eigenvalue weighted by Gasteiger charge is -2.35. The number of rotatable bonds is 14. The molecule has 0 radical (unpaired) electrons. The summed E-state index contributed by atoms with van der Waals surface area (Å²) in [4.78, 5) is 90.9. The van der Waals surface area contributed by atoms with Crippen molar-refractivity contribution < 1.29 is 43.3 Å². The molecule has 1 saturated heterocycles. The normalized spacial score (nSPS) is 21.1. The number of anilines is 1. The molecule has 0 spiro atoms. The Morgan fingerprint density at radius 1 is 1.08 bits per heavy atom. The zero-order valence-corrected chi connectivity index (χ0v) is 32.9. The Kier molecular flexibility index (Phi) is 12.3. The number of aliphatic hydroxyl groups excluding tert-OH is 1. The van der Waals surface area contributed by atoms with Crippen LogP contribution in [0.15, 0.2) is 53.2 Å². The van der Waals surface area contributed by atoms with Gasteiger partial charge in [-0.2, -0.15) is 0 Å². The van der Waals surface area contributed by atoms with Crippen molar-refractivity contribution >= 4 is 58.7 Å². The van der Waals surface area contributed by atoms with Crippen LogP contribution in [0.5, 0.6) is 0 Å². The molecule has 18 heteroatoms. The Morgan fingerprint density at radius 2 is 1.83 bits per heavy atom. The molecular weight excluding hydrogens is 763 g/mol. The summed E-state index contributed by atoms with van der Waals surface area (Å²) in [5.41, 5.74) is 15.9. The highest BCUT2D eigenvalue weighted by Gasteiger charge is 2.51. The monoisotopic (exact) mass is 811 g/mol. The first-order chi connectivity index (χ1) is 28.4. The largest absolute Gasteiger partial charge is 0.395 e. The van der Waals surface area contributed by atoms with Crippen molar-refractivity contribution in [3.05, 3.63) is 70.6 Å². The Morgan fingerprint density at radius 3 is 2.51 bits per heavy atom. The number of imide groups is 1. The highest BCUT2D eigenvalue weighted by molar-refractivity contribution is 6.15. The number of carbonyl (C=O) groups excluding carboxylic acids is 6. The van der Waals surface area contributed by atoms with Gasteiger partial charge in [0.1, 0.15) is 11.9 Å². The lowest BCUT2D eigenvalue weighted by atomic mass is 9.92. The van der Waals surface area contributed by atoms with Crippen LogP contribution in [0.4, 0.5) is 11.4 Å². The number of pyridine rings is 1. The second-order valence-electron chi connectivity index (χ2n) is 15.3. The number of hydrogen-bond donors (Lipinski definition) is 5. The van der Waals surface area contributed by atoms with E-state index in [-0.39, 0.29) is 76.0 Å². The van der Waals surface area contributed by atoms with E-state index < -0.39 is 41.4 Å². The van der Waals surface area contributed by atoms with Gasteiger partial charge in [-0.3, -0.25) is 38.7 Å². The number of nitrogens with two attached hydrogens (primary N) is 2. The van der Waals surface area contributed by atoms with Gasteiger partial charge in [-0.15, -0.1) is 0 Å². The number of aromatic nitrogens is 1. The molecule has 7 N–H and O–H groups in total. The summed E-state index contributed by atoms with van der Waals surface area (Å²) in [6.07, 6.45) is 7.45. The third kappa shape index (κ3) is 8.80. The fraction of sp³-hybridized carbons (Fsp3) is 0.463. The Bertz CT molecular complexity index is 2100. The maximum absolute atomic E-state index is 13.9. The lowest BCUT2D eigenvalue weighted by Crippen LogP contribution is -2.55. The van der Waals surface area contributed by atoms with Crippen molar-refractivity contribution in [3.63, 3.8) is 0 Å². The van der Waals surface area contributed by atoms with Crippen LogP contribution in [-0.4, -0.2) is 131 Å². The van der Waals surface area contributed by atoms with Gasteiger partial charge in [0.25, 0.3) is 11.8 Å². The molecule has 18 nitrogen and oxygen atoms in total. The van der Waals surface area contributed by atoms with Gasteiger partial charge in [-0.05, 0) is 48.6 Å². The van der Waals surface area contributed by atoms with Crippen LogP contribution >= 0.6 is 0 Å². The van der Waals surface area contributed by atoms with Crippen molar-refractivity contribution in [1.29, 1.82) is 0 Å². The van der Waals surface area contributed by atoms with Gasteiger partial charge in [0.15, 0.2) is 6.29 Å². The molecule has 0 bridgehead atoms. The number of aliphatic hydroxyl groups is 1. The van der Waals surface area contributed by atoms with Gasteiger partial charge >= 0.3 is 0 Å². The van der Waals surface area contributed by atoms with Crippen LogP contribution < -0.4 is 22.1 Å². The number of hydrogen-bond acceptors (Lipinski definition) is 13. The topological polar surface area (TPSA) is 252 Å². The van der Waals surface area contributed by atoms with Gasteiger partial charge in [0.05, 0.1) is 55.3 Å². The summed E-state index contributed by atoms with van der Waals surface area (Å²) in [5.74, 6) is -2.70. The molecule has 1 aliphatic carbocycles. The summed E-state index contributed by atoms with van der Waals surface area (Å²) in [7, 11) is 0. The fourth-order valence-corrected chi connectivity index (χ4v) is 7.85. The Labute approximate surface area is 340 Å². The van der Waals surface area contributed by atoms with E-state index in [9.17, 15) is 33.9 Å². The molecule has 2 aromatic rings. The van der Waals surface area contributed by atoms with Crippen LogP contribution in [0, 0.1) is 5.92 Å². The highest BCUT2D eigenvalue weighted by atomic mass is 16.7. The molecule has 5 heterocycles. The minimum atomic E-state index is -1.18. The van der Waals surface area contributed by atoms with Crippen molar-refractivity contribution in [2.45, 2.75) is 63.3 Å². The minimum absolute atomic E-state index is 0.0604. The minimum Gasteiger partial charge on any atom is -0.395 e. The van der Waals surface area contributed by atoms with Crippen molar-refractivity contribution in [2.24, 2.45) is 22.4 Å². The van der Waals surface area contributed by atoms with Gasteiger partial charge in [-0.1, -0.05) is 19.1 Å². The summed E-state index contributed by atoms with van der Waals surface area (Å²) in [6, 6.07) is 6.28. The van der Waals surface area contributed by atoms with Crippen molar-refractivity contribution in [3.8, 4) is 0 Å². The van der Waals surface area contributed by atoms with Crippen molar-refractivity contribution in [1.82, 2.24) is 25.0 Å². The quantitative estimate of drug-likeness (QED) is 0.158. The highest BCUT2D eigenvalue weighted by Crippen LogP contribution is 2.50. The average molecular weight is 812 g/mol. The molecule has 2 fully saturated rings. The van der Waals surface area contributed by atoms with Crippen molar-refractivity contribution in [2.75, 3.05) is 57.9 Å². The number of ether oxygens (including phenoxy) is 2. The molecule has 6 amide bonds. The van der Waals surface area contributed by atoms with Crippen LogP contribution in [-0.2, 0) is 56.6 Å². The van der Waals surface area contributed by atoms with Crippen LogP contribution in [0.1, 0.15) is 55.0 Å². The zero-order chi connectivity index (χ0) is 41.8. The van der Waals surface area contributed by atoms with E-state index in [1.807, 2.05) is 31.2 Å². The van der Waals surface area contributed by atoms with E-state index in [2.05, 4.69) is 20.6 Å². The molecule has 1 aromatic carbocycles. The smallest absolute Gasteiger partial charge is 0.254 e. The molecule has 1 atom stereocenters. The number of carbonyl (C=O) groups is 6. The molecule has 4 aliphatic heterocycles. The number of fused-ring (bicyclic) bond motifs is 2. The first-order valence-corrected chi connectivity index (χ1v) is 19.9. The number of benzene rings is 1. The number of aliphatic imine (C=N–C) groups is 1. The van der Waals surface area contributed by atoms with E-state index >= 15 is 0 Å². The molecule has 5 aliphatic rings. The predicted octanol–water partition coefficient (Wildman–Crippen LogP) is 0.000900. The standard InChI is InChI=1S/C41H49N9O9/c1-2-10-48(12-13-51)38(55)25-14-24-3-4-28(17-31(24)47-33(43)16-25)41(8-9-41)40(57)46-29-15-26-21-49(11-7-30(26)44-19-29)39(56)27-22-58-36(59-23-27)20-45-37(54)32(18-42)50-34(52)5-6-35(50)53/h3-6,14-15,17,19,27,32,36,51H,2,7-13,16,18,20-23,42H2,1H3,(H2,43,47)(H,45,54)(H,46,57). The maximum Gasteiger partial charge on any atom is 0.254 e. The van der Waals surface area contributed by atoms with Gasteiger partial charge in [0, 0.05) is 74.5 Å². The molecule has 1 saturated carbocycles. The second kappa shape index (κ2) is 17.6. The van der Waals surface area contributed by atoms with Crippen LogP contribution in [0.25, 0.3) is 6.08 Å². The van der Waals surface area contributed by atoms with E-state index in [1.165, 1.54) is 0 Å². The van der Waals surface area contributed by atoms with E-state index in [0.717, 1.165) is 40.3 Å². The SMILES string of the molecule is CCCN(CCO)C(=O)C1=Cc2ccc(C3(C(=O)Nc4cnc5c(c4)CN(C(=O)C4COC(CNC(=O)C(CN)N6C(=O)C=CC6=O)OC4)CC5)CC3)cc2N=C(N)C1. The maximum atomic E-state index is 13.9.